The van der Waals surface area contributed by atoms with Gasteiger partial charge in [-0.15, -0.1) is 0 Å². The van der Waals surface area contributed by atoms with Gasteiger partial charge >= 0.3 is 0 Å². The lowest BCUT2D eigenvalue weighted by molar-refractivity contribution is 1.19. The summed E-state index contributed by atoms with van der Waals surface area (Å²) in [4.78, 5) is 0. The molecule has 0 bridgehead atoms. The van der Waals surface area contributed by atoms with Gasteiger partial charge in [-0.2, -0.15) is 0 Å². The summed E-state index contributed by atoms with van der Waals surface area (Å²) in [7, 11) is 0. The van der Waals surface area contributed by atoms with Crippen molar-refractivity contribution in [1.29, 1.82) is 0 Å². The van der Waals surface area contributed by atoms with E-state index in [1.54, 1.807) is 0 Å². The summed E-state index contributed by atoms with van der Waals surface area (Å²) in [5, 5.41) is 0.793. The van der Waals surface area contributed by atoms with Crippen molar-refractivity contribution in [1.82, 2.24) is 0 Å². The van der Waals surface area contributed by atoms with Gasteiger partial charge in [-0.25, -0.2) is 0 Å². The molecular formula is C13H11Cl. The van der Waals surface area contributed by atoms with Gasteiger partial charge in [0.2, 0.25) is 0 Å². The number of rotatable bonds is 2. The van der Waals surface area contributed by atoms with Crippen molar-refractivity contribution in [3.05, 3.63) is 70.7 Å². The summed E-state index contributed by atoms with van der Waals surface area (Å²) in [5.41, 5.74) is 2.62. The van der Waals surface area contributed by atoms with E-state index in [-0.39, 0.29) is 0 Å². The van der Waals surface area contributed by atoms with Crippen LogP contribution in [0.3, 0.4) is 0 Å². The third-order valence-electron chi connectivity index (χ3n) is 2.16. The van der Waals surface area contributed by atoms with Crippen molar-refractivity contribution >= 4 is 11.6 Å². The highest BCUT2D eigenvalue weighted by Gasteiger charge is 1.94. The lowest BCUT2D eigenvalue weighted by Gasteiger charge is -2.01. The molecule has 0 N–H and O–H groups in total. The Kier molecular flexibility index (Phi) is 2.85. The first-order valence-electron chi connectivity index (χ1n) is 4.63. The summed E-state index contributed by atoms with van der Waals surface area (Å²) in [6.45, 7) is 0. The van der Waals surface area contributed by atoms with Crippen LogP contribution >= 0.6 is 11.6 Å². The van der Waals surface area contributed by atoms with Gasteiger partial charge in [0.1, 0.15) is 0 Å². The minimum absolute atomic E-state index is 0.793. The van der Waals surface area contributed by atoms with Gasteiger partial charge in [0.25, 0.3) is 0 Å². The van der Waals surface area contributed by atoms with E-state index >= 15 is 0 Å². The maximum absolute atomic E-state index is 5.81. The molecule has 0 spiro atoms. The number of hydrogen-bond donors (Lipinski definition) is 0. The average Bonchev–Trinajstić information content (AvgIpc) is 2.23. The molecule has 2 aromatic rings. The molecule has 0 aliphatic heterocycles. The monoisotopic (exact) mass is 202 g/mol. The van der Waals surface area contributed by atoms with Gasteiger partial charge in [-0.3, -0.25) is 0 Å². The summed E-state index contributed by atoms with van der Waals surface area (Å²) < 4.78 is 0. The summed E-state index contributed by atoms with van der Waals surface area (Å²) in [6.07, 6.45) is 0.970. The van der Waals surface area contributed by atoms with Crippen molar-refractivity contribution in [2.45, 2.75) is 6.42 Å². The van der Waals surface area contributed by atoms with Crippen LogP contribution in [0.15, 0.2) is 54.6 Å². The molecule has 0 heterocycles. The Hall–Kier alpha value is -1.27. The molecule has 0 unspecified atom stereocenters. The van der Waals surface area contributed by atoms with Crippen LogP contribution in [0, 0.1) is 0 Å². The highest BCUT2D eigenvalue weighted by Crippen LogP contribution is 2.13. The SMILES string of the molecule is Clc1ccc(Cc2ccccc2)cc1. The molecule has 0 saturated carbocycles. The third kappa shape index (κ3) is 2.36. The molecule has 0 fully saturated rings. The lowest BCUT2D eigenvalue weighted by Crippen LogP contribution is -1.86. The van der Waals surface area contributed by atoms with E-state index in [2.05, 4.69) is 36.4 Å². The molecule has 0 amide bonds. The Morgan fingerprint density at radius 3 is 1.93 bits per heavy atom. The van der Waals surface area contributed by atoms with Crippen molar-refractivity contribution in [2.24, 2.45) is 0 Å². The second-order valence-corrected chi connectivity index (χ2v) is 3.73. The molecule has 2 aromatic carbocycles. The van der Waals surface area contributed by atoms with Crippen LogP contribution in [0.5, 0.6) is 0 Å². The van der Waals surface area contributed by atoms with E-state index < -0.39 is 0 Å². The molecule has 14 heavy (non-hydrogen) atoms. The quantitative estimate of drug-likeness (QED) is 0.692. The average molecular weight is 203 g/mol. The second-order valence-electron chi connectivity index (χ2n) is 3.29. The third-order valence-corrected chi connectivity index (χ3v) is 2.42. The summed E-state index contributed by atoms with van der Waals surface area (Å²) >= 11 is 5.81. The van der Waals surface area contributed by atoms with Crippen LogP contribution < -0.4 is 0 Å². The van der Waals surface area contributed by atoms with Crippen LogP contribution in [-0.2, 0) is 6.42 Å². The predicted molar refractivity (Wildman–Crippen MR) is 60.7 cm³/mol. The fourth-order valence-electron chi connectivity index (χ4n) is 1.43. The molecule has 70 valence electrons. The fraction of sp³-hybridized carbons (Fsp3) is 0.0769. The normalized spacial score (nSPS) is 10.1. The van der Waals surface area contributed by atoms with E-state index in [1.165, 1.54) is 11.1 Å². The van der Waals surface area contributed by atoms with Gasteiger partial charge in [0.15, 0.2) is 0 Å². The Labute approximate surface area is 89.2 Å². The molecule has 1 heteroatoms. The van der Waals surface area contributed by atoms with E-state index in [9.17, 15) is 0 Å². The smallest absolute Gasteiger partial charge is 0.0406 e. The fourth-order valence-corrected chi connectivity index (χ4v) is 1.56. The van der Waals surface area contributed by atoms with E-state index in [1.807, 2.05) is 18.2 Å². The molecule has 0 nitrogen and oxygen atoms in total. The van der Waals surface area contributed by atoms with Crippen LogP contribution in [0.2, 0.25) is 5.02 Å². The zero-order valence-corrected chi connectivity index (χ0v) is 8.54. The van der Waals surface area contributed by atoms with Gasteiger partial charge in [-0.1, -0.05) is 54.1 Å². The molecule has 0 atom stereocenters. The Morgan fingerprint density at radius 1 is 0.714 bits per heavy atom. The van der Waals surface area contributed by atoms with Crippen molar-refractivity contribution in [3.8, 4) is 0 Å². The van der Waals surface area contributed by atoms with Gasteiger partial charge in [0.05, 0.1) is 0 Å². The van der Waals surface area contributed by atoms with Crippen LogP contribution in [0.1, 0.15) is 11.1 Å². The molecule has 0 saturated heterocycles. The zero-order chi connectivity index (χ0) is 9.80. The highest BCUT2D eigenvalue weighted by atomic mass is 35.5. The van der Waals surface area contributed by atoms with Crippen molar-refractivity contribution in [2.75, 3.05) is 0 Å². The lowest BCUT2D eigenvalue weighted by atomic mass is 10.1. The molecular weight excluding hydrogens is 192 g/mol. The minimum atomic E-state index is 0.793. The first-order chi connectivity index (χ1) is 6.84. The Morgan fingerprint density at radius 2 is 1.29 bits per heavy atom. The second kappa shape index (κ2) is 4.30. The van der Waals surface area contributed by atoms with Gasteiger partial charge in [0, 0.05) is 5.02 Å². The molecule has 0 aliphatic rings. The summed E-state index contributed by atoms with van der Waals surface area (Å²) in [6, 6.07) is 18.4. The zero-order valence-electron chi connectivity index (χ0n) is 7.78. The first kappa shape index (κ1) is 9.29. The van der Waals surface area contributed by atoms with E-state index in [0.717, 1.165) is 11.4 Å². The number of hydrogen-bond acceptors (Lipinski definition) is 0. The largest absolute Gasteiger partial charge is 0.0843 e. The Bertz CT molecular complexity index is 389. The van der Waals surface area contributed by atoms with Gasteiger partial charge < -0.3 is 0 Å². The topological polar surface area (TPSA) is 0 Å². The van der Waals surface area contributed by atoms with Crippen molar-refractivity contribution < 1.29 is 0 Å². The van der Waals surface area contributed by atoms with E-state index in [0.29, 0.717) is 0 Å². The number of halogens is 1. The minimum Gasteiger partial charge on any atom is -0.0843 e. The predicted octanol–water partition coefficient (Wildman–Crippen LogP) is 3.93. The molecule has 2 rings (SSSR count). The Balaban J connectivity index is 2.16. The molecule has 0 radical (unpaired) electrons. The van der Waals surface area contributed by atoms with E-state index in [4.69, 9.17) is 11.6 Å². The van der Waals surface area contributed by atoms with Crippen LogP contribution in [0.4, 0.5) is 0 Å². The molecule has 0 aromatic heterocycles. The maximum atomic E-state index is 5.81. The summed E-state index contributed by atoms with van der Waals surface area (Å²) in [5.74, 6) is 0. The highest BCUT2D eigenvalue weighted by molar-refractivity contribution is 6.30. The standard InChI is InChI=1S/C13H11Cl/c14-13-8-6-12(7-9-13)10-11-4-2-1-3-5-11/h1-9H,10H2. The maximum Gasteiger partial charge on any atom is 0.0406 e. The number of benzene rings is 2. The van der Waals surface area contributed by atoms with Crippen molar-refractivity contribution in [3.63, 3.8) is 0 Å². The van der Waals surface area contributed by atoms with Crippen LogP contribution in [-0.4, -0.2) is 0 Å². The first-order valence-corrected chi connectivity index (χ1v) is 5.01. The van der Waals surface area contributed by atoms with Gasteiger partial charge in [-0.05, 0) is 29.7 Å². The van der Waals surface area contributed by atoms with Crippen LogP contribution in [0.25, 0.3) is 0 Å². The molecule has 0 aliphatic carbocycles.